The molecule has 9 nitrogen and oxygen atoms in total. The molecular weight excluding hydrogens is 316 g/mol. The number of aliphatic hydroxyl groups excluding tert-OH is 3. The summed E-state index contributed by atoms with van der Waals surface area (Å²) in [6, 6.07) is -0.898. The summed E-state index contributed by atoms with van der Waals surface area (Å²) in [6.45, 7) is 2.97. The zero-order chi connectivity index (χ0) is 17.7. The lowest BCUT2D eigenvalue weighted by Crippen LogP contribution is -2.62. The molecule has 0 unspecified atom stereocenters. The third kappa shape index (κ3) is 4.29. The van der Waals surface area contributed by atoms with E-state index in [4.69, 9.17) is 4.74 Å². The zero-order valence-corrected chi connectivity index (χ0v) is 14.0. The summed E-state index contributed by atoms with van der Waals surface area (Å²) in [7, 11) is 0. The van der Waals surface area contributed by atoms with Gasteiger partial charge in [-0.3, -0.25) is 4.79 Å². The molecule has 2 rings (SSSR count). The van der Waals surface area contributed by atoms with Crippen molar-refractivity contribution in [1.82, 2.24) is 20.3 Å². The van der Waals surface area contributed by atoms with Crippen molar-refractivity contribution in [3.63, 3.8) is 0 Å². The van der Waals surface area contributed by atoms with E-state index >= 15 is 0 Å². The van der Waals surface area contributed by atoms with Crippen LogP contribution < -0.4 is 5.32 Å². The molecule has 9 heteroatoms. The average molecular weight is 342 g/mol. The molecule has 4 N–H and O–H groups in total. The fourth-order valence-electron chi connectivity index (χ4n) is 2.82. The second-order valence-electron chi connectivity index (χ2n) is 6.10. The van der Waals surface area contributed by atoms with Crippen LogP contribution in [0.25, 0.3) is 0 Å². The lowest BCUT2D eigenvalue weighted by Gasteiger charge is -2.42. The molecule has 1 fully saturated rings. The van der Waals surface area contributed by atoms with Gasteiger partial charge < -0.3 is 25.4 Å². The van der Waals surface area contributed by atoms with Crippen LogP contribution >= 0.6 is 0 Å². The van der Waals surface area contributed by atoms with Crippen LogP contribution in [-0.4, -0.2) is 67.2 Å². The molecule has 0 aromatic carbocycles. The summed E-state index contributed by atoms with van der Waals surface area (Å²) in [6.07, 6.45) is 1.24. The van der Waals surface area contributed by atoms with Crippen LogP contribution in [0.15, 0.2) is 6.20 Å². The Balaban J connectivity index is 2.18. The molecule has 0 bridgehead atoms. The summed E-state index contributed by atoms with van der Waals surface area (Å²) in [4.78, 5) is 11.4. The van der Waals surface area contributed by atoms with Gasteiger partial charge in [-0.15, -0.1) is 5.10 Å². The lowest BCUT2D eigenvalue weighted by molar-refractivity contribution is -0.219. The van der Waals surface area contributed by atoms with Gasteiger partial charge in [0.05, 0.1) is 18.5 Å². The van der Waals surface area contributed by atoms with Crippen molar-refractivity contribution in [2.24, 2.45) is 0 Å². The Labute approximate surface area is 140 Å². The minimum absolute atomic E-state index is 0.370. The maximum atomic E-state index is 11.4. The van der Waals surface area contributed by atoms with Crippen LogP contribution in [0.1, 0.15) is 45.0 Å². The quantitative estimate of drug-likeness (QED) is 0.474. The van der Waals surface area contributed by atoms with Gasteiger partial charge >= 0.3 is 0 Å². The molecule has 0 radical (unpaired) electrons. The predicted molar refractivity (Wildman–Crippen MR) is 83.9 cm³/mol. The minimum Gasteiger partial charge on any atom is -0.394 e. The summed E-state index contributed by atoms with van der Waals surface area (Å²) in [5, 5.41) is 40.3. The van der Waals surface area contributed by atoms with Gasteiger partial charge in [0.2, 0.25) is 5.91 Å². The number of hydrogen-bond donors (Lipinski definition) is 4. The van der Waals surface area contributed by atoms with Gasteiger partial charge in [0.25, 0.3) is 0 Å². The first-order valence-corrected chi connectivity index (χ1v) is 8.28. The van der Waals surface area contributed by atoms with E-state index in [1.165, 1.54) is 11.6 Å². The molecule has 1 aromatic heterocycles. The minimum atomic E-state index is -1.31. The van der Waals surface area contributed by atoms with Gasteiger partial charge in [-0.1, -0.05) is 25.0 Å². The standard InChI is InChI=1S/C15H26N4O5/c1-3-4-5-6-10-7-19(18-17-10)15-12(16-9(2)21)14(23)13(22)11(8-20)24-15/h7,11-15,20,22-23H,3-6,8H2,1-2H3,(H,16,21)/t11-,12-,13-,14-,15-/m1/s1. The number of amides is 1. The molecule has 0 saturated carbocycles. The van der Waals surface area contributed by atoms with Gasteiger partial charge in [-0.05, 0) is 12.8 Å². The van der Waals surface area contributed by atoms with Crippen molar-refractivity contribution < 1.29 is 24.9 Å². The van der Waals surface area contributed by atoms with Gasteiger partial charge in [0, 0.05) is 6.92 Å². The normalized spacial score (nSPS) is 30.3. The van der Waals surface area contributed by atoms with Crippen LogP contribution in [0, 0.1) is 0 Å². The van der Waals surface area contributed by atoms with Crippen LogP contribution in [0.5, 0.6) is 0 Å². The maximum Gasteiger partial charge on any atom is 0.217 e. The highest BCUT2D eigenvalue weighted by Crippen LogP contribution is 2.28. The zero-order valence-electron chi connectivity index (χ0n) is 14.0. The van der Waals surface area contributed by atoms with E-state index in [0.717, 1.165) is 31.4 Å². The lowest BCUT2D eigenvalue weighted by atomic mass is 9.96. The molecule has 0 aliphatic carbocycles. The smallest absolute Gasteiger partial charge is 0.217 e. The Hall–Kier alpha value is -1.55. The number of aliphatic hydroxyl groups is 3. The van der Waals surface area contributed by atoms with E-state index in [2.05, 4.69) is 22.6 Å². The second-order valence-corrected chi connectivity index (χ2v) is 6.10. The van der Waals surface area contributed by atoms with Crippen LogP contribution in [-0.2, 0) is 16.0 Å². The second kappa shape index (κ2) is 8.52. The Morgan fingerprint density at radius 3 is 2.75 bits per heavy atom. The molecule has 0 spiro atoms. The first kappa shape index (κ1) is 18.8. The molecule has 1 aliphatic rings. The number of ether oxygens (including phenoxy) is 1. The molecule has 2 heterocycles. The third-order valence-corrected chi connectivity index (χ3v) is 4.13. The van der Waals surface area contributed by atoms with E-state index in [1.807, 2.05) is 0 Å². The van der Waals surface area contributed by atoms with E-state index in [-0.39, 0.29) is 5.91 Å². The number of aromatic nitrogens is 3. The fourth-order valence-corrected chi connectivity index (χ4v) is 2.82. The first-order chi connectivity index (χ1) is 11.5. The first-order valence-electron chi connectivity index (χ1n) is 8.28. The summed E-state index contributed by atoms with van der Waals surface area (Å²) in [5.41, 5.74) is 0.787. The van der Waals surface area contributed by atoms with Gasteiger partial charge in [0.15, 0.2) is 6.23 Å². The number of nitrogens with one attached hydrogen (secondary N) is 1. The topological polar surface area (TPSA) is 130 Å². The van der Waals surface area contributed by atoms with Crippen molar-refractivity contribution in [1.29, 1.82) is 0 Å². The number of unbranched alkanes of at least 4 members (excludes halogenated alkanes) is 2. The Morgan fingerprint density at radius 2 is 2.12 bits per heavy atom. The monoisotopic (exact) mass is 342 g/mol. The molecular formula is C15H26N4O5. The van der Waals surface area contributed by atoms with Crippen molar-refractivity contribution >= 4 is 5.91 Å². The highest BCUT2D eigenvalue weighted by Gasteiger charge is 2.46. The molecule has 1 aromatic rings. The molecule has 1 aliphatic heterocycles. The van der Waals surface area contributed by atoms with Gasteiger partial charge in [-0.25, -0.2) is 4.68 Å². The largest absolute Gasteiger partial charge is 0.394 e. The van der Waals surface area contributed by atoms with E-state index < -0.39 is 37.2 Å². The number of carbonyl (C=O) groups excluding carboxylic acids is 1. The Morgan fingerprint density at radius 1 is 1.38 bits per heavy atom. The fraction of sp³-hybridized carbons (Fsp3) is 0.800. The maximum absolute atomic E-state index is 11.4. The molecule has 1 saturated heterocycles. The summed E-state index contributed by atoms with van der Waals surface area (Å²) < 4.78 is 7.06. The summed E-state index contributed by atoms with van der Waals surface area (Å²) in [5.74, 6) is -0.370. The number of rotatable bonds is 7. The van der Waals surface area contributed by atoms with E-state index in [9.17, 15) is 20.1 Å². The number of hydrogen-bond acceptors (Lipinski definition) is 7. The van der Waals surface area contributed by atoms with Crippen LogP contribution in [0.2, 0.25) is 0 Å². The SMILES string of the molecule is CCCCCc1cn([C@@H]2O[C@H](CO)[C@@H](O)[C@H](O)[C@H]2NC(C)=O)nn1. The van der Waals surface area contributed by atoms with E-state index in [1.54, 1.807) is 6.20 Å². The number of carbonyl (C=O) groups is 1. The molecule has 1 amide bonds. The molecule has 5 atom stereocenters. The van der Waals surface area contributed by atoms with Crippen molar-refractivity contribution in [2.75, 3.05) is 6.61 Å². The third-order valence-electron chi connectivity index (χ3n) is 4.13. The Kier molecular flexibility index (Phi) is 6.67. The van der Waals surface area contributed by atoms with Crippen LogP contribution in [0.4, 0.5) is 0 Å². The summed E-state index contributed by atoms with van der Waals surface area (Å²) >= 11 is 0. The van der Waals surface area contributed by atoms with Crippen LogP contribution in [0.3, 0.4) is 0 Å². The molecule has 136 valence electrons. The predicted octanol–water partition coefficient (Wildman–Crippen LogP) is -0.873. The molecule has 24 heavy (non-hydrogen) atoms. The van der Waals surface area contributed by atoms with Gasteiger partial charge in [0.1, 0.15) is 24.4 Å². The van der Waals surface area contributed by atoms with Crippen molar-refractivity contribution in [3.8, 4) is 0 Å². The van der Waals surface area contributed by atoms with Gasteiger partial charge in [-0.2, -0.15) is 0 Å². The highest BCUT2D eigenvalue weighted by molar-refractivity contribution is 5.73. The highest BCUT2D eigenvalue weighted by atomic mass is 16.5. The number of nitrogens with zero attached hydrogens (tertiary/aromatic N) is 3. The number of aryl methyl sites for hydroxylation is 1. The van der Waals surface area contributed by atoms with Crippen molar-refractivity contribution in [2.45, 2.75) is 70.1 Å². The average Bonchev–Trinajstić information content (AvgIpc) is 3.01. The Bertz CT molecular complexity index is 538. The van der Waals surface area contributed by atoms with E-state index in [0.29, 0.717) is 0 Å². The van der Waals surface area contributed by atoms with Crippen molar-refractivity contribution in [3.05, 3.63) is 11.9 Å².